The van der Waals surface area contributed by atoms with Crippen molar-refractivity contribution in [3.8, 4) is 0 Å². The molecule has 1 amide bonds. The van der Waals surface area contributed by atoms with Crippen LogP contribution < -0.4 is 4.72 Å². The van der Waals surface area contributed by atoms with Crippen molar-refractivity contribution in [2.45, 2.75) is 24.2 Å². The van der Waals surface area contributed by atoms with E-state index in [1.807, 2.05) is 0 Å². The van der Waals surface area contributed by atoms with Gasteiger partial charge in [-0.25, -0.2) is 17.2 Å². The molecule has 2 aromatic carbocycles. The third kappa shape index (κ3) is 4.01. The van der Waals surface area contributed by atoms with Crippen LogP contribution in [0.3, 0.4) is 0 Å². The van der Waals surface area contributed by atoms with Gasteiger partial charge in [-0.05, 0) is 61.7 Å². The van der Waals surface area contributed by atoms with Crippen molar-refractivity contribution in [3.63, 3.8) is 0 Å². The molecule has 0 aromatic heterocycles. The first-order chi connectivity index (χ1) is 12.4. The third-order valence-electron chi connectivity index (χ3n) is 4.23. The van der Waals surface area contributed by atoms with Crippen molar-refractivity contribution in [2.75, 3.05) is 17.8 Å². The molecule has 0 aliphatic carbocycles. The number of halogens is 2. The summed E-state index contributed by atoms with van der Waals surface area (Å²) >= 11 is 0. The first-order valence-electron chi connectivity index (χ1n) is 8.24. The number of nitrogens with one attached hydrogen (secondary N) is 1. The zero-order chi connectivity index (χ0) is 18.7. The van der Waals surface area contributed by atoms with Crippen LogP contribution in [0.4, 0.5) is 14.5 Å². The van der Waals surface area contributed by atoms with E-state index in [-0.39, 0.29) is 16.5 Å². The number of likely N-dealkylation sites (tertiary alicyclic amines) is 1. The molecule has 0 spiro atoms. The van der Waals surface area contributed by atoms with Crippen molar-refractivity contribution in [2.24, 2.45) is 0 Å². The van der Waals surface area contributed by atoms with E-state index in [0.717, 1.165) is 44.5 Å². The normalized spacial score (nSPS) is 14.9. The first-order valence-corrected chi connectivity index (χ1v) is 9.72. The lowest BCUT2D eigenvalue weighted by Gasteiger charge is -2.26. The Kier molecular flexibility index (Phi) is 5.22. The lowest BCUT2D eigenvalue weighted by molar-refractivity contribution is 0.0724. The molecule has 1 fully saturated rings. The Balaban J connectivity index is 1.74. The van der Waals surface area contributed by atoms with Gasteiger partial charge in [0.2, 0.25) is 0 Å². The van der Waals surface area contributed by atoms with E-state index >= 15 is 0 Å². The minimum absolute atomic E-state index is 0.0836. The highest BCUT2D eigenvalue weighted by molar-refractivity contribution is 7.92. The molecule has 1 aliphatic heterocycles. The van der Waals surface area contributed by atoms with Crippen molar-refractivity contribution in [1.82, 2.24) is 4.90 Å². The Morgan fingerprint density at radius 2 is 1.58 bits per heavy atom. The quantitative estimate of drug-likeness (QED) is 0.884. The number of amides is 1. The van der Waals surface area contributed by atoms with E-state index in [1.54, 1.807) is 17.0 Å². The fraction of sp³-hybridized carbons (Fsp3) is 0.278. The van der Waals surface area contributed by atoms with Crippen molar-refractivity contribution in [3.05, 3.63) is 59.7 Å². The number of nitrogens with zero attached hydrogens (tertiary/aromatic N) is 1. The van der Waals surface area contributed by atoms with E-state index in [2.05, 4.69) is 4.72 Å². The second-order valence-corrected chi connectivity index (χ2v) is 7.79. The number of carbonyl (C=O) groups excluding carboxylic acids is 1. The Morgan fingerprint density at radius 1 is 0.923 bits per heavy atom. The number of hydrogen-bond donors (Lipinski definition) is 1. The molecule has 0 atom stereocenters. The number of benzene rings is 2. The zero-order valence-electron chi connectivity index (χ0n) is 13.9. The van der Waals surface area contributed by atoms with Crippen LogP contribution in [-0.2, 0) is 10.0 Å². The van der Waals surface area contributed by atoms with Gasteiger partial charge in [-0.2, -0.15) is 0 Å². The second-order valence-electron chi connectivity index (χ2n) is 6.11. The zero-order valence-corrected chi connectivity index (χ0v) is 14.7. The number of anilines is 1. The van der Waals surface area contributed by atoms with Crippen molar-refractivity contribution in [1.29, 1.82) is 0 Å². The van der Waals surface area contributed by atoms with Gasteiger partial charge in [0.25, 0.3) is 15.9 Å². The van der Waals surface area contributed by atoms with Gasteiger partial charge in [0, 0.05) is 24.3 Å². The molecule has 0 saturated carbocycles. The van der Waals surface area contributed by atoms with Gasteiger partial charge < -0.3 is 4.90 Å². The highest BCUT2D eigenvalue weighted by atomic mass is 32.2. The van der Waals surface area contributed by atoms with E-state index in [0.29, 0.717) is 11.6 Å². The maximum Gasteiger partial charge on any atom is 0.261 e. The topological polar surface area (TPSA) is 66.5 Å². The number of sulfonamides is 1. The van der Waals surface area contributed by atoms with Gasteiger partial charge in [-0.15, -0.1) is 0 Å². The van der Waals surface area contributed by atoms with Crippen LogP contribution in [0.25, 0.3) is 0 Å². The molecule has 1 heterocycles. The molecule has 3 rings (SSSR count). The Labute approximate surface area is 150 Å². The highest BCUT2D eigenvalue weighted by Gasteiger charge is 2.19. The monoisotopic (exact) mass is 380 g/mol. The van der Waals surface area contributed by atoms with Gasteiger partial charge in [-0.3, -0.25) is 9.52 Å². The number of piperidine rings is 1. The fourth-order valence-electron chi connectivity index (χ4n) is 2.82. The summed E-state index contributed by atoms with van der Waals surface area (Å²) in [6.07, 6.45) is 3.09. The molecule has 8 heteroatoms. The molecule has 0 bridgehead atoms. The smallest absolute Gasteiger partial charge is 0.261 e. The maximum absolute atomic E-state index is 13.3. The predicted molar refractivity (Wildman–Crippen MR) is 93.4 cm³/mol. The summed E-state index contributed by atoms with van der Waals surface area (Å²) in [6.45, 7) is 1.45. The molecule has 2 aromatic rings. The molecule has 0 unspecified atom stereocenters. The molecule has 1 saturated heterocycles. The van der Waals surface area contributed by atoms with Gasteiger partial charge in [0.15, 0.2) is 11.6 Å². The minimum atomic E-state index is -4.06. The molecule has 0 radical (unpaired) electrons. The molecule has 26 heavy (non-hydrogen) atoms. The maximum atomic E-state index is 13.3. The summed E-state index contributed by atoms with van der Waals surface area (Å²) in [7, 11) is -4.06. The van der Waals surface area contributed by atoms with Crippen LogP contribution in [0.15, 0.2) is 47.4 Å². The molecule has 5 nitrogen and oxygen atoms in total. The van der Waals surface area contributed by atoms with E-state index in [4.69, 9.17) is 0 Å². The van der Waals surface area contributed by atoms with Gasteiger partial charge in [0.1, 0.15) is 0 Å². The van der Waals surface area contributed by atoms with Crippen LogP contribution in [0.1, 0.15) is 29.6 Å². The largest absolute Gasteiger partial charge is 0.339 e. The third-order valence-corrected chi connectivity index (χ3v) is 5.61. The summed E-state index contributed by atoms with van der Waals surface area (Å²) < 4.78 is 53.0. The van der Waals surface area contributed by atoms with Gasteiger partial charge in [-0.1, -0.05) is 0 Å². The van der Waals surface area contributed by atoms with Crippen LogP contribution in [0, 0.1) is 11.6 Å². The number of hydrogen-bond acceptors (Lipinski definition) is 3. The van der Waals surface area contributed by atoms with Crippen molar-refractivity contribution >= 4 is 21.6 Å². The summed E-state index contributed by atoms with van der Waals surface area (Å²) in [5.41, 5.74) is 0.701. The Bertz CT molecular complexity index is 909. The Hall–Kier alpha value is -2.48. The summed E-state index contributed by atoms with van der Waals surface area (Å²) in [5.74, 6) is -2.44. The Morgan fingerprint density at radius 3 is 2.19 bits per heavy atom. The first kappa shape index (κ1) is 18.3. The highest BCUT2D eigenvalue weighted by Crippen LogP contribution is 2.20. The van der Waals surface area contributed by atoms with E-state index < -0.39 is 21.7 Å². The molecule has 1 aliphatic rings. The summed E-state index contributed by atoms with van der Waals surface area (Å²) in [6, 6.07) is 8.37. The van der Waals surface area contributed by atoms with Crippen LogP contribution in [-0.4, -0.2) is 32.3 Å². The average molecular weight is 380 g/mol. The standard InChI is InChI=1S/C18H18F2N2O3S/c19-16-9-8-15(12-17(16)20)26(24,25)21-14-6-4-13(5-7-14)18(23)22-10-2-1-3-11-22/h4-9,12,21H,1-3,10-11H2. The molecular formula is C18H18F2N2O3S. The summed E-state index contributed by atoms with van der Waals surface area (Å²) in [5, 5.41) is 0. The predicted octanol–water partition coefficient (Wildman–Crippen LogP) is 3.39. The lowest BCUT2D eigenvalue weighted by atomic mass is 10.1. The lowest BCUT2D eigenvalue weighted by Crippen LogP contribution is -2.35. The van der Waals surface area contributed by atoms with E-state index in [9.17, 15) is 22.0 Å². The van der Waals surface area contributed by atoms with Crippen LogP contribution in [0.2, 0.25) is 0 Å². The molecule has 1 N–H and O–H groups in total. The minimum Gasteiger partial charge on any atom is -0.339 e. The molecular weight excluding hydrogens is 362 g/mol. The average Bonchev–Trinajstić information content (AvgIpc) is 2.64. The number of rotatable bonds is 4. The van der Waals surface area contributed by atoms with E-state index in [1.165, 1.54) is 12.1 Å². The SMILES string of the molecule is O=C(c1ccc(NS(=O)(=O)c2ccc(F)c(F)c2)cc1)N1CCCCC1. The van der Waals surface area contributed by atoms with Gasteiger partial charge in [0.05, 0.1) is 4.90 Å². The summed E-state index contributed by atoms with van der Waals surface area (Å²) in [4.78, 5) is 13.8. The fourth-order valence-corrected chi connectivity index (χ4v) is 3.89. The van der Waals surface area contributed by atoms with Gasteiger partial charge >= 0.3 is 0 Å². The van der Waals surface area contributed by atoms with Crippen LogP contribution in [0.5, 0.6) is 0 Å². The van der Waals surface area contributed by atoms with Crippen LogP contribution >= 0.6 is 0 Å². The van der Waals surface area contributed by atoms with Crippen molar-refractivity contribution < 1.29 is 22.0 Å². The second kappa shape index (κ2) is 7.41. The molecule has 138 valence electrons. The number of carbonyl (C=O) groups is 1.